The van der Waals surface area contributed by atoms with E-state index in [4.69, 9.17) is 0 Å². The average molecular weight is 1510 g/mol. The molecule has 0 radical (unpaired) electrons. The van der Waals surface area contributed by atoms with Gasteiger partial charge in [-0.1, -0.05) is 328 Å². The maximum absolute atomic E-state index is 2.37. The van der Waals surface area contributed by atoms with Gasteiger partial charge in [-0.05, 0) is 270 Å². The SMILES string of the molecule is CC(C)C1=C(C(C)C)CC=C1.CC(C)C1=C(C(C)C)CC=C1.CC(C)C1=CC=C(C(C)C)C1.CC(C)C1=CCC(C(C)C)=C1.CC(C)C1=CCC(C(C)C)=C1.CC(C)C1=CCC=C1C(C)C.CC(C)c1cccn1C(C)C.CC(C)c1cccn1C(C)C.CC(C)c1ccn(C(C)C)c1.CC(C)c1ccn(C(C)C)c1. The maximum Gasteiger partial charge on any atom is 0.0276 e. The van der Waals surface area contributed by atoms with Gasteiger partial charge in [-0.2, -0.15) is 0 Å². The lowest BCUT2D eigenvalue weighted by Gasteiger charge is -2.14. The smallest absolute Gasteiger partial charge is 0.0276 e. The third-order valence-electron chi connectivity index (χ3n) is 21.9. The van der Waals surface area contributed by atoms with Gasteiger partial charge >= 0.3 is 0 Å². The van der Waals surface area contributed by atoms with E-state index in [0.29, 0.717) is 83.3 Å². The molecule has 0 aliphatic heterocycles. The van der Waals surface area contributed by atoms with Crippen molar-refractivity contribution in [2.45, 2.75) is 363 Å². The number of aromatic nitrogens is 4. The van der Waals surface area contributed by atoms with Crippen molar-refractivity contribution < 1.29 is 0 Å². The summed E-state index contributed by atoms with van der Waals surface area (Å²) in [7, 11) is 0. The van der Waals surface area contributed by atoms with Gasteiger partial charge in [0, 0.05) is 72.7 Å². The normalized spacial score (nSPS) is 15.2. The predicted molar refractivity (Wildman–Crippen MR) is 498 cm³/mol. The zero-order valence-electron chi connectivity index (χ0n) is 79.4. The van der Waals surface area contributed by atoms with E-state index in [9.17, 15) is 0 Å². The van der Waals surface area contributed by atoms with Gasteiger partial charge in [-0.15, -0.1) is 0 Å². The second kappa shape index (κ2) is 51.7. The molecule has 10 rings (SSSR count). The molecule has 0 bridgehead atoms. The van der Waals surface area contributed by atoms with E-state index in [-0.39, 0.29) is 0 Å². The molecule has 0 fully saturated rings. The lowest BCUT2D eigenvalue weighted by Crippen LogP contribution is -2.04. The molecule has 0 saturated heterocycles. The topological polar surface area (TPSA) is 19.7 Å². The zero-order valence-corrected chi connectivity index (χ0v) is 79.4. The summed E-state index contributed by atoms with van der Waals surface area (Å²) in [5, 5.41) is 0. The highest BCUT2D eigenvalue weighted by Crippen LogP contribution is 2.35. The second-order valence-electron chi connectivity index (χ2n) is 38.0. The first kappa shape index (κ1) is 102. The van der Waals surface area contributed by atoms with Crippen LogP contribution in [0.3, 0.4) is 0 Å². The first-order valence-corrected chi connectivity index (χ1v) is 44.3. The molecule has 6 aliphatic carbocycles. The summed E-state index contributed by atoms with van der Waals surface area (Å²) in [5.74, 6) is 11.1. The van der Waals surface area contributed by atoms with E-state index >= 15 is 0 Å². The Hall–Kier alpha value is -6.00. The Morgan fingerprint density at radius 3 is 0.764 bits per heavy atom. The van der Waals surface area contributed by atoms with Crippen LogP contribution in [-0.2, 0) is 0 Å². The Morgan fingerprint density at radius 1 is 0.273 bits per heavy atom. The fourth-order valence-corrected chi connectivity index (χ4v) is 14.1. The van der Waals surface area contributed by atoms with Crippen LogP contribution in [0.1, 0.15) is 386 Å². The van der Waals surface area contributed by atoms with Crippen molar-refractivity contribution in [1.29, 1.82) is 0 Å². The van der Waals surface area contributed by atoms with Gasteiger partial charge in [0.2, 0.25) is 0 Å². The average Bonchev–Trinajstić information content (AvgIpc) is 1.72. The molecule has 620 valence electrons. The van der Waals surface area contributed by atoms with Crippen molar-refractivity contribution in [3.05, 3.63) is 236 Å². The lowest BCUT2D eigenvalue weighted by molar-refractivity contribution is 0.560. The van der Waals surface area contributed by atoms with Crippen LogP contribution < -0.4 is 0 Å². The van der Waals surface area contributed by atoms with Crippen LogP contribution in [0.4, 0.5) is 0 Å². The third-order valence-corrected chi connectivity index (χ3v) is 21.9. The number of hydrogen-bond donors (Lipinski definition) is 0. The van der Waals surface area contributed by atoms with Crippen LogP contribution >= 0.6 is 0 Å². The summed E-state index contributed by atoms with van der Waals surface area (Å²) in [5.41, 5.74) is 24.7. The van der Waals surface area contributed by atoms with Crippen molar-refractivity contribution in [3.63, 3.8) is 0 Å². The van der Waals surface area contributed by atoms with Gasteiger partial charge < -0.3 is 18.3 Å². The summed E-state index contributed by atoms with van der Waals surface area (Å²) in [6.07, 6.45) is 48.1. The van der Waals surface area contributed by atoms with Crippen LogP contribution in [0, 0.1) is 71.0 Å². The van der Waals surface area contributed by atoms with Crippen LogP contribution in [0.5, 0.6) is 0 Å². The maximum atomic E-state index is 2.37. The molecule has 0 aromatic carbocycles. The molecule has 110 heavy (non-hydrogen) atoms. The molecule has 0 unspecified atom stereocenters. The Kier molecular flexibility index (Phi) is 47.9. The minimum Gasteiger partial charge on any atom is -0.352 e. The molecule has 4 heterocycles. The van der Waals surface area contributed by atoms with Crippen molar-refractivity contribution in [2.24, 2.45) is 71.0 Å². The largest absolute Gasteiger partial charge is 0.352 e. The number of allylic oxidation sites excluding steroid dienone is 24. The van der Waals surface area contributed by atoms with Gasteiger partial charge in [-0.25, -0.2) is 0 Å². The summed E-state index contributed by atoms with van der Waals surface area (Å²) in [6, 6.07) is 15.4. The van der Waals surface area contributed by atoms with E-state index in [1.165, 1.54) is 65.8 Å². The molecule has 0 amide bonds. The van der Waals surface area contributed by atoms with E-state index in [0.717, 1.165) is 41.9 Å². The Morgan fingerprint density at radius 2 is 0.591 bits per heavy atom. The zero-order chi connectivity index (χ0) is 84.3. The minimum atomic E-state index is 0.586. The Balaban J connectivity index is 0.000000611. The fourth-order valence-electron chi connectivity index (χ4n) is 14.1. The van der Waals surface area contributed by atoms with Crippen LogP contribution in [0.15, 0.2) is 213 Å². The molecule has 4 heteroatoms. The van der Waals surface area contributed by atoms with Crippen LogP contribution in [0.2, 0.25) is 0 Å². The lowest BCUT2D eigenvalue weighted by atomic mass is 9.91. The second-order valence-corrected chi connectivity index (χ2v) is 38.0. The van der Waals surface area contributed by atoms with Gasteiger partial charge in [0.1, 0.15) is 0 Å². The molecule has 0 saturated carbocycles. The van der Waals surface area contributed by atoms with Gasteiger partial charge in [-0.3, -0.25) is 0 Å². The standard InChI is InChI=1S/6C11H18.4C10H17N/c3*1-8(2)10-5-6-11(7-10)9(3)4;3*1-8(2)10-6-5-7-11(10)9(3)4;2*1-8(2)10-5-6-11(7-10)9(3)4;2*1-8(2)10-6-5-7-11(10)9(3)4/h2*5,7-9H,6H2,1-4H3;5-6,8-9H,7H2,1-4H3;6-9H,5H2,1-4H3;2*5-6,8-9H,7H2,1-4H3;4*5-9H,1-4H3. The predicted octanol–water partition coefficient (Wildman–Crippen LogP) is 34.1. The van der Waals surface area contributed by atoms with E-state index in [1.807, 2.05) is 0 Å². The monoisotopic (exact) mass is 1510 g/mol. The van der Waals surface area contributed by atoms with E-state index in [1.54, 1.807) is 55.7 Å². The summed E-state index contributed by atoms with van der Waals surface area (Å²) in [4.78, 5) is 0. The Labute approximate surface area is 684 Å². The van der Waals surface area contributed by atoms with Gasteiger partial charge in [0.05, 0.1) is 0 Å². The van der Waals surface area contributed by atoms with E-state index < -0.39 is 0 Å². The molecule has 6 aliphatic rings. The summed E-state index contributed by atoms with van der Waals surface area (Å²) >= 11 is 0. The number of hydrogen-bond acceptors (Lipinski definition) is 0. The van der Waals surface area contributed by atoms with E-state index in [2.05, 4.69) is 442 Å². The van der Waals surface area contributed by atoms with Crippen LogP contribution in [0.25, 0.3) is 0 Å². The summed E-state index contributed by atoms with van der Waals surface area (Å²) < 4.78 is 9.14. The molecule has 4 nitrogen and oxygen atoms in total. The third kappa shape index (κ3) is 36.4. The molecule has 4 aromatic rings. The van der Waals surface area contributed by atoms with Gasteiger partial charge in [0.15, 0.2) is 0 Å². The first-order valence-electron chi connectivity index (χ1n) is 44.3. The van der Waals surface area contributed by atoms with Crippen LogP contribution in [-0.4, -0.2) is 18.3 Å². The van der Waals surface area contributed by atoms with Crippen molar-refractivity contribution in [3.8, 4) is 0 Å². The van der Waals surface area contributed by atoms with Crippen molar-refractivity contribution in [2.75, 3.05) is 0 Å². The molecule has 0 atom stereocenters. The first-order chi connectivity index (χ1) is 51.2. The highest BCUT2D eigenvalue weighted by atomic mass is 15.0. The molecular weight excluding hydrogens is 1330 g/mol. The number of rotatable bonds is 20. The highest BCUT2D eigenvalue weighted by molar-refractivity contribution is 5.40. The minimum absolute atomic E-state index is 0.586. The van der Waals surface area contributed by atoms with Crippen molar-refractivity contribution in [1.82, 2.24) is 18.3 Å². The quantitative estimate of drug-likeness (QED) is 0.0840. The van der Waals surface area contributed by atoms with Crippen molar-refractivity contribution >= 4 is 0 Å². The number of nitrogens with zero attached hydrogens (tertiary/aromatic N) is 4. The molecule has 0 N–H and O–H groups in total. The molecule has 4 aromatic heterocycles. The van der Waals surface area contributed by atoms with Gasteiger partial charge in [0.25, 0.3) is 0 Å². The molecule has 0 spiro atoms. The summed E-state index contributed by atoms with van der Waals surface area (Å²) in [6.45, 7) is 89.9. The fraction of sp³-hybridized carbons (Fsp3) is 0.623. The Bertz CT molecular complexity index is 3300. The molecular formula is C106H176N4. The highest BCUT2D eigenvalue weighted by Gasteiger charge is 2.20.